The Hall–Kier alpha value is -2.18. The van der Waals surface area contributed by atoms with Crippen LogP contribution in [0.5, 0.6) is 0 Å². The molecule has 2 unspecified atom stereocenters. The van der Waals surface area contributed by atoms with E-state index in [1.54, 1.807) is 17.0 Å². The Bertz CT molecular complexity index is 721. The van der Waals surface area contributed by atoms with Crippen molar-refractivity contribution in [3.63, 3.8) is 0 Å². The van der Waals surface area contributed by atoms with Gasteiger partial charge in [-0.2, -0.15) is 0 Å². The molecule has 1 aromatic carbocycles. The zero-order valence-corrected chi connectivity index (χ0v) is 16.1. The topological polar surface area (TPSA) is 69.7 Å². The molecule has 6 nitrogen and oxygen atoms in total. The van der Waals surface area contributed by atoms with Gasteiger partial charge in [-0.15, -0.1) is 0 Å². The molecule has 1 aromatic rings. The van der Waals surface area contributed by atoms with Gasteiger partial charge >= 0.3 is 0 Å². The van der Waals surface area contributed by atoms with Crippen LogP contribution in [0.15, 0.2) is 36.4 Å². The van der Waals surface area contributed by atoms with Crippen molar-refractivity contribution in [2.75, 3.05) is 19.8 Å². The summed E-state index contributed by atoms with van der Waals surface area (Å²) in [5, 5.41) is 3.51. The summed E-state index contributed by atoms with van der Waals surface area (Å²) < 4.78 is 0. The molecule has 0 saturated carbocycles. The number of amides is 3. The largest absolute Gasteiger partial charge is 0.351 e. The number of likely N-dealkylation sites (tertiary alicyclic amines) is 1. The predicted octanol–water partition coefficient (Wildman–Crippen LogP) is 2.19. The first-order valence-electron chi connectivity index (χ1n) is 9.23. The highest BCUT2D eigenvalue weighted by Crippen LogP contribution is 2.34. The molecule has 0 spiro atoms. The summed E-state index contributed by atoms with van der Waals surface area (Å²) >= 11 is 5.85. The SMILES string of the molecule is CCN(CC(=O)NCc1ccc(Cl)cc1)CN1C(=O)C2CC=CCC2C1=O. The lowest BCUT2D eigenvalue weighted by atomic mass is 9.85. The van der Waals surface area contributed by atoms with Crippen LogP contribution in [0, 0.1) is 11.8 Å². The summed E-state index contributed by atoms with van der Waals surface area (Å²) in [4.78, 5) is 40.5. The fourth-order valence-electron chi connectivity index (χ4n) is 3.53. The Balaban J connectivity index is 1.52. The van der Waals surface area contributed by atoms with Crippen molar-refractivity contribution in [2.24, 2.45) is 11.8 Å². The highest BCUT2D eigenvalue weighted by atomic mass is 35.5. The van der Waals surface area contributed by atoms with Crippen LogP contribution in [0.4, 0.5) is 0 Å². The van der Waals surface area contributed by atoms with Crippen molar-refractivity contribution in [1.29, 1.82) is 0 Å². The number of hydrogen-bond acceptors (Lipinski definition) is 4. The maximum absolute atomic E-state index is 12.6. The van der Waals surface area contributed by atoms with Gasteiger partial charge in [0.1, 0.15) is 0 Å². The molecule has 0 radical (unpaired) electrons. The summed E-state index contributed by atoms with van der Waals surface area (Å²) in [6, 6.07) is 7.27. The summed E-state index contributed by atoms with van der Waals surface area (Å²) in [6.07, 6.45) is 5.19. The standard InChI is InChI=1S/C20H24ClN3O3/c1-2-23(12-18(25)22-11-14-7-9-15(21)10-8-14)13-24-19(26)16-5-3-4-6-17(16)20(24)27/h3-4,7-10,16-17H,2,5-6,11-13H2,1H3,(H,22,25). The van der Waals surface area contributed by atoms with Crippen LogP contribution in [0.1, 0.15) is 25.3 Å². The zero-order valence-electron chi connectivity index (χ0n) is 15.4. The van der Waals surface area contributed by atoms with Crippen LogP contribution in [0.2, 0.25) is 5.02 Å². The van der Waals surface area contributed by atoms with Crippen molar-refractivity contribution < 1.29 is 14.4 Å². The smallest absolute Gasteiger partial charge is 0.234 e. The minimum atomic E-state index is -0.236. The van der Waals surface area contributed by atoms with E-state index in [1.165, 1.54) is 4.90 Å². The number of nitrogens with one attached hydrogen (secondary N) is 1. The van der Waals surface area contributed by atoms with Crippen LogP contribution in [0.3, 0.4) is 0 Å². The lowest BCUT2D eigenvalue weighted by Crippen LogP contribution is -2.45. The molecule has 1 saturated heterocycles. The van der Waals surface area contributed by atoms with E-state index in [-0.39, 0.29) is 42.8 Å². The van der Waals surface area contributed by atoms with Crippen molar-refractivity contribution in [3.8, 4) is 0 Å². The van der Waals surface area contributed by atoms with Crippen molar-refractivity contribution in [2.45, 2.75) is 26.3 Å². The fraction of sp³-hybridized carbons (Fsp3) is 0.450. The molecule has 3 amide bonds. The highest BCUT2D eigenvalue weighted by molar-refractivity contribution is 6.30. The number of benzene rings is 1. The van der Waals surface area contributed by atoms with Crippen LogP contribution in [-0.4, -0.2) is 47.3 Å². The molecule has 1 aliphatic carbocycles. The number of fused-ring (bicyclic) bond motifs is 1. The Labute approximate surface area is 164 Å². The Kier molecular flexibility index (Phi) is 6.29. The fourth-order valence-corrected chi connectivity index (χ4v) is 3.66. The number of carbonyl (C=O) groups is 3. The Morgan fingerprint density at radius 2 is 1.74 bits per heavy atom. The normalized spacial score (nSPS) is 21.7. The quantitative estimate of drug-likeness (QED) is 0.573. The number of allylic oxidation sites excluding steroid dienone is 2. The van der Waals surface area contributed by atoms with Gasteiger partial charge in [-0.25, -0.2) is 0 Å². The second-order valence-electron chi connectivity index (χ2n) is 6.95. The van der Waals surface area contributed by atoms with Crippen LogP contribution < -0.4 is 5.32 Å². The number of halogens is 1. The second-order valence-corrected chi connectivity index (χ2v) is 7.39. The van der Waals surface area contributed by atoms with Crippen molar-refractivity contribution >= 4 is 29.3 Å². The number of rotatable bonds is 7. The third-order valence-electron chi connectivity index (χ3n) is 5.16. The molecule has 3 rings (SSSR count). The maximum atomic E-state index is 12.6. The van der Waals surface area contributed by atoms with Crippen LogP contribution in [0.25, 0.3) is 0 Å². The lowest BCUT2D eigenvalue weighted by molar-refractivity contribution is -0.143. The van der Waals surface area contributed by atoms with E-state index in [4.69, 9.17) is 11.6 Å². The molecular weight excluding hydrogens is 366 g/mol. The van der Waals surface area contributed by atoms with Gasteiger partial charge in [-0.1, -0.05) is 42.8 Å². The van der Waals surface area contributed by atoms with Gasteiger partial charge < -0.3 is 5.32 Å². The number of likely N-dealkylation sites (N-methyl/N-ethyl adjacent to an activating group) is 1. The molecule has 144 valence electrons. The van der Waals surface area contributed by atoms with Crippen molar-refractivity contribution in [1.82, 2.24) is 15.1 Å². The molecular formula is C20H24ClN3O3. The van der Waals surface area contributed by atoms with Crippen LogP contribution >= 0.6 is 11.6 Å². The van der Waals surface area contributed by atoms with E-state index in [0.29, 0.717) is 31.0 Å². The second kappa shape index (κ2) is 8.67. The van der Waals surface area contributed by atoms with E-state index in [2.05, 4.69) is 5.32 Å². The predicted molar refractivity (Wildman–Crippen MR) is 103 cm³/mol. The van der Waals surface area contributed by atoms with Gasteiger partial charge in [0.25, 0.3) is 0 Å². The Morgan fingerprint density at radius 3 is 2.30 bits per heavy atom. The molecule has 1 heterocycles. The molecule has 0 bridgehead atoms. The maximum Gasteiger partial charge on any atom is 0.234 e. The lowest BCUT2D eigenvalue weighted by Gasteiger charge is -2.25. The van der Waals surface area contributed by atoms with Gasteiger partial charge in [-0.05, 0) is 37.1 Å². The van der Waals surface area contributed by atoms with Crippen LogP contribution in [-0.2, 0) is 20.9 Å². The molecule has 1 fully saturated rings. The summed E-state index contributed by atoms with van der Waals surface area (Å²) in [5.74, 6) is -0.853. The first kappa shape index (κ1) is 19.6. The van der Waals surface area contributed by atoms with E-state index < -0.39 is 0 Å². The monoisotopic (exact) mass is 389 g/mol. The van der Waals surface area contributed by atoms with Crippen molar-refractivity contribution in [3.05, 3.63) is 47.0 Å². The summed E-state index contributed by atoms with van der Waals surface area (Å²) in [6.45, 7) is 3.18. The zero-order chi connectivity index (χ0) is 19.4. The molecule has 1 N–H and O–H groups in total. The van der Waals surface area contributed by atoms with E-state index in [0.717, 1.165) is 5.56 Å². The first-order valence-corrected chi connectivity index (χ1v) is 9.61. The number of nitrogens with zero attached hydrogens (tertiary/aromatic N) is 2. The molecule has 0 aromatic heterocycles. The third-order valence-corrected chi connectivity index (χ3v) is 5.41. The number of carbonyl (C=O) groups excluding carboxylic acids is 3. The highest BCUT2D eigenvalue weighted by Gasteiger charge is 2.47. The van der Waals surface area contributed by atoms with E-state index >= 15 is 0 Å². The van der Waals surface area contributed by atoms with E-state index in [1.807, 2.05) is 31.2 Å². The molecule has 27 heavy (non-hydrogen) atoms. The molecule has 7 heteroatoms. The average Bonchev–Trinajstić information content (AvgIpc) is 2.92. The molecule has 2 aliphatic rings. The average molecular weight is 390 g/mol. The minimum Gasteiger partial charge on any atom is -0.351 e. The minimum absolute atomic E-state index is 0.116. The third kappa shape index (κ3) is 4.57. The number of imide groups is 1. The van der Waals surface area contributed by atoms with E-state index in [9.17, 15) is 14.4 Å². The molecule has 2 atom stereocenters. The Morgan fingerprint density at radius 1 is 1.15 bits per heavy atom. The number of hydrogen-bond donors (Lipinski definition) is 1. The summed E-state index contributed by atoms with van der Waals surface area (Å²) in [5.41, 5.74) is 0.956. The molecule has 1 aliphatic heterocycles. The van der Waals surface area contributed by atoms with Gasteiger partial charge in [-0.3, -0.25) is 24.2 Å². The van der Waals surface area contributed by atoms with Gasteiger partial charge in [0.05, 0.1) is 25.0 Å². The summed E-state index contributed by atoms with van der Waals surface area (Å²) in [7, 11) is 0. The van der Waals surface area contributed by atoms with Gasteiger partial charge in [0.2, 0.25) is 17.7 Å². The van der Waals surface area contributed by atoms with Gasteiger partial charge in [0.15, 0.2) is 0 Å². The first-order chi connectivity index (χ1) is 13.0. The van der Waals surface area contributed by atoms with Gasteiger partial charge in [0, 0.05) is 11.6 Å².